The number of anilines is 1. The molecule has 0 unspecified atom stereocenters. The van der Waals surface area contributed by atoms with Crippen LogP contribution in [0.25, 0.3) is 0 Å². The van der Waals surface area contributed by atoms with Crippen molar-refractivity contribution in [2.45, 2.75) is 44.4 Å². The first-order valence-electron chi connectivity index (χ1n) is 10.4. The number of hydrogen-bond donors (Lipinski definition) is 1. The fourth-order valence-corrected chi connectivity index (χ4v) is 6.26. The smallest absolute Gasteiger partial charge is 0.255 e. The lowest BCUT2D eigenvalue weighted by Gasteiger charge is -2.34. The van der Waals surface area contributed by atoms with Crippen molar-refractivity contribution in [1.82, 2.24) is 4.31 Å². The van der Waals surface area contributed by atoms with Crippen molar-refractivity contribution in [1.29, 1.82) is 0 Å². The molecule has 1 saturated heterocycles. The van der Waals surface area contributed by atoms with Gasteiger partial charge in [0.1, 0.15) is 0 Å². The van der Waals surface area contributed by atoms with Crippen LogP contribution in [0.2, 0.25) is 0 Å². The molecule has 1 amide bonds. The maximum Gasteiger partial charge on any atom is 0.255 e. The molecule has 1 aliphatic carbocycles. The van der Waals surface area contributed by atoms with E-state index in [0.717, 1.165) is 31.4 Å². The van der Waals surface area contributed by atoms with Gasteiger partial charge in [0, 0.05) is 24.3 Å². The molecule has 2 atom stereocenters. The molecule has 1 fully saturated rings. The van der Waals surface area contributed by atoms with Crippen molar-refractivity contribution >= 4 is 21.6 Å². The van der Waals surface area contributed by atoms with Crippen molar-refractivity contribution in [3.05, 3.63) is 59.2 Å². The Kier molecular flexibility index (Phi) is 5.49. The Labute approximate surface area is 173 Å². The van der Waals surface area contributed by atoms with Crippen LogP contribution in [0.4, 0.5) is 5.69 Å². The topological polar surface area (TPSA) is 66.5 Å². The molecule has 154 valence electrons. The summed E-state index contributed by atoms with van der Waals surface area (Å²) in [5, 5.41) is 2.92. The first-order valence-corrected chi connectivity index (χ1v) is 11.8. The van der Waals surface area contributed by atoms with E-state index in [-0.39, 0.29) is 10.8 Å². The lowest BCUT2D eigenvalue weighted by molar-refractivity contribution is 0.102. The molecule has 1 aliphatic heterocycles. The molecule has 0 bridgehead atoms. The number of fused-ring (bicyclic) bond motifs is 1. The van der Waals surface area contributed by atoms with Crippen LogP contribution in [0.1, 0.15) is 48.2 Å². The molecule has 1 heterocycles. The highest BCUT2D eigenvalue weighted by molar-refractivity contribution is 7.89. The van der Waals surface area contributed by atoms with Gasteiger partial charge in [0.2, 0.25) is 10.0 Å². The second-order valence-electron chi connectivity index (χ2n) is 8.58. The van der Waals surface area contributed by atoms with Crippen molar-refractivity contribution in [3.8, 4) is 0 Å². The molecule has 5 nitrogen and oxygen atoms in total. The first kappa shape index (κ1) is 20.1. The van der Waals surface area contributed by atoms with Crippen molar-refractivity contribution in [2.75, 3.05) is 18.4 Å². The van der Waals surface area contributed by atoms with E-state index in [9.17, 15) is 13.2 Å². The summed E-state index contributed by atoms with van der Waals surface area (Å²) < 4.78 is 27.5. The Bertz CT molecular complexity index is 1000. The molecule has 2 aromatic rings. The summed E-state index contributed by atoms with van der Waals surface area (Å²) in [6.45, 7) is 5.27. The number of amides is 1. The number of hydrogen-bond acceptors (Lipinski definition) is 3. The number of benzene rings is 2. The van der Waals surface area contributed by atoms with Crippen LogP contribution in [-0.4, -0.2) is 31.7 Å². The van der Waals surface area contributed by atoms with Gasteiger partial charge in [-0.2, -0.15) is 4.31 Å². The summed E-state index contributed by atoms with van der Waals surface area (Å²) in [5.41, 5.74) is 3.89. The SMILES string of the molecule is C[C@@H]1C[C@@H](C)CN(S(=O)(=O)c2ccc(C(=O)Nc3ccc4c(c3)CCC4)cc2)C1. The van der Waals surface area contributed by atoms with Gasteiger partial charge in [-0.05, 0) is 85.0 Å². The number of carbonyl (C=O) groups excluding carboxylic acids is 1. The van der Waals surface area contributed by atoms with Gasteiger partial charge >= 0.3 is 0 Å². The molecule has 4 rings (SSSR count). The third-order valence-electron chi connectivity index (χ3n) is 5.95. The lowest BCUT2D eigenvalue weighted by atomic mass is 9.94. The second-order valence-corrected chi connectivity index (χ2v) is 10.5. The normalized spacial score (nSPS) is 22.3. The van der Waals surface area contributed by atoms with E-state index in [1.165, 1.54) is 23.3 Å². The fourth-order valence-electron chi connectivity index (χ4n) is 4.58. The minimum Gasteiger partial charge on any atom is -0.322 e. The third kappa shape index (κ3) is 4.23. The average Bonchev–Trinajstić information content (AvgIpc) is 3.15. The molecule has 0 saturated carbocycles. The van der Waals surface area contributed by atoms with Crippen LogP contribution >= 0.6 is 0 Å². The number of piperidine rings is 1. The predicted molar refractivity (Wildman–Crippen MR) is 115 cm³/mol. The Morgan fingerprint density at radius 3 is 2.31 bits per heavy atom. The van der Waals surface area contributed by atoms with Crippen LogP contribution in [0, 0.1) is 11.8 Å². The van der Waals surface area contributed by atoms with E-state index in [0.29, 0.717) is 30.5 Å². The minimum absolute atomic E-state index is 0.230. The zero-order valence-electron chi connectivity index (χ0n) is 17.0. The standard InChI is InChI=1S/C23H28N2O3S/c1-16-12-17(2)15-25(14-16)29(27,28)22-10-7-19(8-11-22)23(26)24-21-9-6-18-4-3-5-20(18)13-21/h6-11,13,16-17H,3-5,12,14-15H2,1-2H3,(H,24,26)/t16-,17-/m1/s1. The van der Waals surface area contributed by atoms with E-state index >= 15 is 0 Å². The highest BCUT2D eigenvalue weighted by Crippen LogP contribution is 2.27. The van der Waals surface area contributed by atoms with Crippen molar-refractivity contribution < 1.29 is 13.2 Å². The van der Waals surface area contributed by atoms with Gasteiger partial charge in [-0.3, -0.25) is 4.79 Å². The lowest BCUT2D eigenvalue weighted by Crippen LogP contribution is -2.42. The molecule has 0 aromatic heterocycles. The Morgan fingerprint density at radius 1 is 0.966 bits per heavy atom. The molecular formula is C23H28N2O3S. The zero-order valence-corrected chi connectivity index (χ0v) is 17.8. The summed E-state index contributed by atoms with van der Waals surface area (Å²) in [7, 11) is -3.53. The van der Waals surface area contributed by atoms with Gasteiger partial charge in [-0.15, -0.1) is 0 Å². The van der Waals surface area contributed by atoms with E-state index in [4.69, 9.17) is 0 Å². The minimum atomic E-state index is -3.53. The zero-order chi connectivity index (χ0) is 20.6. The van der Waals surface area contributed by atoms with Crippen molar-refractivity contribution in [2.24, 2.45) is 11.8 Å². The number of sulfonamides is 1. The number of rotatable bonds is 4. The summed E-state index contributed by atoms with van der Waals surface area (Å²) in [6, 6.07) is 12.3. The monoisotopic (exact) mass is 412 g/mol. The molecule has 29 heavy (non-hydrogen) atoms. The van der Waals surface area contributed by atoms with Crippen LogP contribution in [0.15, 0.2) is 47.4 Å². The van der Waals surface area contributed by atoms with Gasteiger partial charge in [-0.25, -0.2) is 8.42 Å². The van der Waals surface area contributed by atoms with E-state index in [2.05, 4.69) is 25.2 Å². The van der Waals surface area contributed by atoms with Gasteiger partial charge < -0.3 is 5.32 Å². The number of carbonyl (C=O) groups is 1. The molecule has 6 heteroatoms. The van der Waals surface area contributed by atoms with Gasteiger partial charge in [0.25, 0.3) is 5.91 Å². The molecule has 1 N–H and O–H groups in total. The van der Waals surface area contributed by atoms with Crippen molar-refractivity contribution in [3.63, 3.8) is 0 Å². The maximum absolute atomic E-state index is 13.0. The highest BCUT2D eigenvalue weighted by atomic mass is 32.2. The summed E-state index contributed by atoms with van der Waals surface area (Å²) in [6.07, 6.45) is 4.37. The van der Waals surface area contributed by atoms with Crippen LogP contribution in [0.3, 0.4) is 0 Å². The Morgan fingerprint density at radius 2 is 1.62 bits per heavy atom. The highest BCUT2D eigenvalue weighted by Gasteiger charge is 2.31. The van der Waals surface area contributed by atoms with E-state index < -0.39 is 10.0 Å². The Hall–Kier alpha value is -2.18. The van der Waals surface area contributed by atoms with Crippen LogP contribution in [-0.2, 0) is 22.9 Å². The number of aryl methyl sites for hydroxylation is 2. The molecule has 2 aliphatic rings. The predicted octanol–water partition coefficient (Wildman–Crippen LogP) is 4.09. The average molecular weight is 413 g/mol. The second kappa shape index (κ2) is 7.92. The van der Waals surface area contributed by atoms with Gasteiger partial charge in [0.05, 0.1) is 4.90 Å². The number of nitrogens with zero attached hydrogens (tertiary/aromatic N) is 1. The number of nitrogens with one attached hydrogen (secondary N) is 1. The third-order valence-corrected chi connectivity index (χ3v) is 7.79. The van der Waals surface area contributed by atoms with E-state index in [1.807, 2.05) is 12.1 Å². The van der Waals surface area contributed by atoms with Crippen LogP contribution < -0.4 is 5.32 Å². The molecule has 0 radical (unpaired) electrons. The summed E-state index contributed by atoms with van der Waals surface area (Å²) in [4.78, 5) is 12.8. The summed E-state index contributed by atoms with van der Waals surface area (Å²) >= 11 is 0. The van der Waals surface area contributed by atoms with Gasteiger partial charge in [-0.1, -0.05) is 19.9 Å². The summed E-state index contributed by atoms with van der Waals surface area (Å²) in [5.74, 6) is 0.476. The molecule has 0 spiro atoms. The fraction of sp³-hybridized carbons (Fsp3) is 0.435. The van der Waals surface area contributed by atoms with E-state index in [1.54, 1.807) is 16.4 Å². The largest absolute Gasteiger partial charge is 0.322 e. The molecule has 2 aromatic carbocycles. The quantitative estimate of drug-likeness (QED) is 0.822. The first-order chi connectivity index (χ1) is 13.8. The van der Waals surface area contributed by atoms with Gasteiger partial charge in [0.15, 0.2) is 0 Å². The van der Waals surface area contributed by atoms with Crippen LogP contribution in [0.5, 0.6) is 0 Å². The Balaban J connectivity index is 1.47. The molecular weight excluding hydrogens is 384 g/mol. The maximum atomic E-state index is 13.0.